The van der Waals surface area contributed by atoms with Gasteiger partial charge in [-0.1, -0.05) is 29.8 Å². The second-order valence-corrected chi connectivity index (χ2v) is 9.56. The molecule has 7 nitrogen and oxygen atoms in total. The first kappa shape index (κ1) is 25.0. The van der Waals surface area contributed by atoms with E-state index in [2.05, 4.69) is 5.10 Å². The van der Waals surface area contributed by atoms with Crippen LogP contribution in [-0.2, 0) is 23.8 Å². The zero-order valence-electron chi connectivity index (χ0n) is 19.4. The summed E-state index contributed by atoms with van der Waals surface area (Å²) in [6, 6.07) is 8.97. The van der Waals surface area contributed by atoms with Crippen molar-refractivity contribution in [2.45, 2.75) is 31.9 Å². The van der Waals surface area contributed by atoms with Crippen LogP contribution in [0.3, 0.4) is 0 Å². The number of aromatic carboxylic acids is 1. The van der Waals surface area contributed by atoms with Crippen molar-refractivity contribution < 1.29 is 32.7 Å². The van der Waals surface area contributed by atoms with Crippen LogP contribution in [0.2, 0.25) is 5.02 Å². The molecule has 1 fully saturated rings. The minimum atomic E-state index is -4.82. The monoisotopic (exact) mass is 531 g/mol. The topological polar surface area (TPSA) is 92.5 Å². The maximum absolute atomic E-state index is 13.8. The van der Waals surface area contributed by atoms with E-state index >= 15 is 0 Å². The summed E-state index contributed by atoms with van der Waals surface area (Å²) < 4.78 is 42.3. The molecule has 2 aliphatic rings. The third-order valence-corrected chi connectivity index (χ3v) is 7.23. The van der Waals surface area contributed by atoms with E-state index in [-0.39, 0.29) is 22.9 Å². The summed E-state index contributed by atoms with van der Waals surface area (Å²) in [6.07, 6.45) is -2.87. The zero-order chi connectivity index (χ0) is 26.5. The number of hydrogen-bond donors (Lipinski definition) is 1. The third-order valence-electron chi connectivity index (χ3n) is 6.92. The Balaban J connectivity index is 1.63. The summed E-state index contributed by atoms with van der Waals surface area (Å²) in [4.78, 5) is 39.6. The Bertz CT molecular complexity index is 1410. The number of benzene rings is 2. The van der Waals surface area contributed by atoms with Crippen LogP contribution < -0.4 is 0 Å². The maximum atomic E-state index is 13.8. The van der Waals surface area contributed by atoms with Gasteiger partial charge in [0.1, 0.15) is 0 Å². The highest BCUT2D eigenvalue weighted by Crippen LogP contribution is 2.38. The molecule has 1 N–H and O–H groups in total. The van der Waals surface area contributed by atoms with Gasteiger partial charge in [0, 0.05) is 36.6 Å². The molecule has 192 valence electrons. The third kappa shape index (κ3) is 4.50. The van der Waals surface area contributed by atoms with Crippen molar-refractivity contribution >= 4 is 29.4 Å². The summed E-state index contributed by atoms with van der Waals surface area (Å²) in [5.41, 5.74) is 0.0345. The first-order chi connectivity index (χ1) is 17.6. The van der Waals surface area contributed by atoms with Crippen molar-refractivity contribution in [3.8, 4) is 11.3 Å². The molecule has 11 heteroatoms. The number of hydrogen-bond acceptors (Lipinski definition) is 4. The van der Waals surface area contributed by atoms with E-state index in [0.29, 0.717) is 48.4 Å². The van der Waals surface area contributed by atoms with E-state index in [0.717, 1.165) is 23.2 Å². The van der Waals surface area contributed by atoms with Gasteiger partial charge in [-0.15, -0.1) is 0 Å². The second-order valence-electron chi connectivity index (χ2n) is 9.15. The lowest BCUT2D eigenvalue weighted by Crippen LogP contribution is -2.46. The Labute approximate surface area is 214 Å². The molecule has 1 aliphatic carbocycles. The predicted octanol–water partition coefficient (Wildman–Crippen LogP) is 4.95. The van der Waals surface area contributed by atoms with Gasteiger partial charge in [0.25, 0.3) is 5.91 Å². The van der Waals surface area contributed by atoms with Gasteiger partial charge >= 0.3 is 12.1 Å². The molecule has 0 spiro atoms. The van der Waals surface area contributed by atoms with E-state index in [4.69, 9.17) is 11.6 Å². The first-order valence-electron chi connectivity index (χ1n) is 11.7. The molecule has 2 aromatic carbocycles. The molecule has 1 saturated heterocycles. The average molecular weight is 532 g/mol. The number of amides is 1. The minimum Gasteiger partial charge on any atom is -0.478 e. The van der Waals surface area contributed by atoms with Crippen LogP contribution in [0, 0.1) is 5.92 Å². The van der Waals surface area contributed by atoms with Crippen molar-refractivity contribution in [1.29, 1.82) is 0 Å². The molecule has 3 aromatic rings. The number of nitrogens with zero attached hydrogens (tertiary/aromatic N) is 3. The van der Waals surface area contributed by atoms with Gasteiger partial charge in [-0.25, -0.2) is 4.79 Å². The van der Waals surface area contributed by atoms with E-state index in [1.807, 2.05) is 0 Å². The largest absolute Gasteiger partial charge is 0.478 e. The van der Waals surface area contributed by atoms with Crippen LogP contribution in [0.5, 0.6) is 0 Å². The summed E-state index contributed by atoms with van der Waals surface area (Å²) in [6.45, 7) is 1.33. The van der Waals surface area contributed by atoms with Gasteiger partial charge in [-0.3, -0.25) is 9.59 Å². The molecule has 1 atom stereocenters. The summed E-state index contributed by atoms with van der Waals surface area (Å²) in [5, 5.41) is 13.3. The number of carbonyl (C=O) groups is 3. The van der Waals surface area contributed by atoms with Crippen molar-refractivity contribution in [1.82, 2.24) is 14.7 Å². The number of fused-ring (bicyclic) bond motifs is 1. The molecule has 0 radical (unpaired) electrons. The summed E-state index contributed by atoms with van der Waals surface area (Å²) >= 11 is 6.10. The number of rotatable bonds is 4. The fraction of sp³-hybridized carbons (Fsp3) is 0.308. The highest BCUT2D eigenvalue weighted by atomic mass is 35.5. The summed E-state index contributed by atoms with van der Waals surface area (Å²) in [7, 11) is 0. The fourth-order valence-corrected chi connectivity index (χ4v) is 5.13. The van der Waals surface area contributed by atoms with Crippen molar-refractivity contribution in [2.75, 3.05) is 13.1 Å². The van der Waals surface area contributed by atoms with E-state index in [1.165, 1.54) is 30.3 Å². The molecule has 0 saturated carbocycles. The lowest BCUT2D eigenvalue weighted by Gasteiger charge is -2.35. The predicted molar refractivity (Wildman–Crippen MR) is 128 cm³/mol. The second kappa shape index (κ2) is 9.33. The lowest BCUT2D eigenvalue weighted by molar-refractivity contribution is -0.139. The van der Waals surface area contributed by atoms with Gasteiger partial charge in [0.05, 0.1) is 33.1 Å². The smallest absolute Gasteiger partial charge is 0.417 e. The SMILES string of the molecule is O=C(O)c1ccc(-c2nn(C(=O)c3c(Cl)cccc3C(F)(F)F)c3c2CCC(C(=O)N2CCC2)C3)cc1. The normalized spacial score (nSPS) is 17.2. The Morgan fingerprint density at radius 1 is 1.05 bits per heavy atom. The molecule has 1 amide bonds. The van der Waals surface area contributed by atoms with Crippen LogP contribution in [-0.4, -0.2) is 50.7 Å². The van der Waals surface area contributed by atoms with Gasteiger partial charge < -0.3 is 10.0 Å². The average Bonchev–Trinajstić information content (AvgIpc) is 3.20. The first-order valence-corrected chi connectivity index (χ1v) is 12.1. The van der Waals surface area contributed by atoms with Crippen LogP contribution in [0.1, 0.15) is 50.4 Å². The highest BCUT2D eigenvalue weighted by Gasteiger charge is 2.39. The Morgan fingerprint density at radius 3 is 2.35 bits per heavy atom. The number of halogens is 4. The maximum Gasteiger partial charge on any atom is 0.417 e. The van der Waals surface area contributed by atoms with E-state index < -0.39 is 35.1 Å². The van der Waals surface area contributed by atoms with Gasteiger partial charge in [0.15, 0.2) is 0 Å². The van der Waals surface area contributed by atoms with Gasteiger partial charge in [-0.2, -0.15) is 23.0 Å². The molecule has 1 unspecified atom stereocenters. The molecule has 1 aliphatic heterocycles. The minimum absolute atomic E-state index is 0.0433. The molecule has 5 rings (SSSR count). The van der Waals surface area contributed by atoms with Gasteiger partial charge in [-0.05, 0) is 43.5 Å². The Morgan fingerprint density at radius 2 is 1.76 bits per heavy atom. The number of carboxylic acids is 1. The number of carboxylic acid groups (broad SMARTS) is 1. The number of carbonyl (C=O) groups excluding carboxylic acids is 2. The number of alkyl halides is 3. The Hall–Kier alpha value is -3.66. The van der Waals surface area contributed by atoms with Crippen LogP contribution >= 0.6 is 11.6 Å². The van der Waals surface area contributed by atoms with Gasteiger partial charge in [0.2, 0.25) is 5.91 Å². The van der Waals surface area contributed by atoms with E-state index in [9.17, 15) is 32.7 Å². The van der Waals surface area contributed by atoms with E-state index in [1.54, 1.807) is 4.90 Å². The van der Waals surface area contributed by atoms with Crippen LogP contribution in [0.15, 0.2) is 42.5 Å². The standard InChI is InChI=1S/C26H21ClF3N3O4/c27-19-4-1-3-18(26(28,29)30)21(19)24(35)33-20-13-16(23(34)32-11-2-12-32)9-10-17(20)22(31-33)14-5-7-15(8-6-14)25(36)37/h1,3-8,16H,2,9-13H2,(H,36,37). The molecule has 0 bridgehead atoms. The number of likely N-dealkylation sites (tertiary alicyclic amines) is 1. The van der Waals surface area contributed by atoms with Crippen molar-refractivity contribution in [3.63, 3.8) is 0 Å². The van der Waals surface area contributed by atoms with Crippen LogP contribution in [0.4, 0.5) is 13.2 Å². The van der Waals surface area contributed by atoms with Crippen molar-refractivity contribution in [3.05, 3.63) is 75.4 Å². The quantitative estimate of drug-likeness (QED) is 0.514. The van der Waals surface area contributed by atoms with Crippen molar-refractivity contribution in [2.24, 2.45) is 5.92 Å². The fourth-order valence-electron chi connectivity index (χ4n) is 4.87. The highest BCUT2D eigenvalue weighted by molar-refractivity contribution is 6.34. The van der Waals surface area contributed by atoms with Crippen LogP contribution in [0.25, 0.3) is 11.3 Å². The molecular formula is C26H21ClF3N3O4. The molecule has 37 heavy (non-hydrogen) atoms. The number of aromatic nitrogens is 2. The molecule has 1 aromatic heterocycles. The lowest BCUT2D eigenvalue weighted by atomic mass is 9.84. The molecule has 2 heterocycles. The molecular weight excluding hydrogens is 511 g/mol. The Kier molecular flexibility index (Phi) is 6.31. The zero-order valence-corrected chi connectivity index (χ0v) is 20.1. The summed E-state index contributed by atoms with van der Waals surface area (Å²) in [5.74, 6) is -2.62.